The Kier molecular flexibility index (Phi) is 6.01. The Morgan fingerprint density at radius 1 is 1.06 bits per heavy atom. The topological polar surface area (TPSA) is 9.23 Å². The lowest BCUT2D eigenvalue weighted by molar-refractivity contribution is 0.0750. The zero-order valence-electron chi connectivity index (χ0n) is 11.2. The van der Waals surface area contributed by atoms with E-state index in [0.29, 0.717) is 6.10 Å². The lowest BCUT2D eigenvalue weighted by Gasteiger charge is -2.16. The fourth-order valence-corrected chi connectivity index (χ4v) is 2.42. The van der Waals surface area contributed by atoms with E-state index in [1.54, 1.807) is 0 Å². The number of hydrogen-bond acceptors (Lipinski definition) is 1. The Balaban J connectivity index is 1.64. The van der Waals surface area contributed by atoms with E-state index in [-0.39, 0.29) is 0 Å². The number of benzene rings is 1. The summed E-state index contributed by atoms with van der Waals surface area (Å²) in [6.45, 7) is 0.879. The molecular weight excluding hydrogens is 220 g/mol. The molecule has 0 N–H and O–H groups in total. The van der Waals surface area contributed by atoms with Crippen molar-refractivity contribution in [1.29, 1.82) is 0 Å². The van der Waals surface area contributed by atoms with Gasteiger partial charge in [0.25, 0.3) is 0 Å². The third-order valence-corrected chi connectivity index (χ3v) is 3.49. The predicted octanol–water partition coefficient (Wildman–Crippen LogP) is 4.52. The van der Waals surface area contributed by atoms with Crippen LogP contribution in [0.3, 0.4) is 0 Å². The Bertz CT molecular complexity index is 342. The molecule has 1 aromatic carbocycles. The van der Waals surface area contributed by atoms with Gasteiger partial charge in [-0.2, -0.15) is 0 Å². The molecule has 1 aliphatic carbocycles. The molecule has 18 heavy (non-hydrogen) atoms. The lowest BCUT2D eigenvalue weighted by atomic mass is 10.0. The molecule has 1 heteroatoms. The highest BCUT2D eigenvalue weighted by atomic mass is 16.5. The number of allylic oxidation sites excluding steroid dienone is 1. The average Bonchev–Trinajstić information content (AvgIpc) is 2.38. The van der Waals surface area contributed by atoms with Gasteiger partial charge >= 0.3 is 0 Å². The van der Waals surface area contributed by atoms with Crippen molar-refractivity contribution < 1.29 is 4.74 Å². The first-order valence-corrected chi connectivity index (χ1v) is 7.27. The summed E-state index contributed by atoms with van der Waals surface area (Å²) in [4.78, 5) is 0. The molecule has 1 aromatic rings. The monoisotopic (exact) mass is 244 g/mol. The van der Waals surface area contributed by atoms with E-state index >= 15 is 0 Å². The largest absolute Gasteiger partial charge is 0.374 e. The van der Waals surface area contributed by atoms with Gasteiger partial charge in [0.15, 0.2) is 0 Å². The van der Waals surface area contributed by atoms with E-state index < -0.39 is 0 Å². The third kappa shape index (κ3) is 5.05. The minimum atomic E-state index is 0.362. The molecule has 0 spiro atoms. The summed E-state index contributed by atoms with van der Waals surface area (Å²) in [5, 5.41) is 0. The van der Waals surface area contributed by atoms with Crippen molar-refractivity contribution in [2.45, 2.75) is 51.0 Å². The molecule has 0 aromatic heterocycles. The van der Waals surface area contributed by atoms with Gasteiger partial charge in [-0.05, 0) is 37.7 Å². The van der Waals surface area contributed by atoms with E-state index in [1.807, 2.05) is 0 Å². The molecular formula is C17H24O. The smallest absolute Gasteiger partial charge is 0.0755 e. The predicted molar refractivity (Wildman–Crippen MR) is 76.7 cm³/mol. The minimum absolute atomic E-state index is 0.362. The standard InChI is InChI=1S/C17H24O/c1-2-7-13-17(14-8-3-1)18-15-9-12-16-10-5-4-6-11-16/h4-7,10-11,13,17H,1-3,8-9,12,14-15H2/b13-7+/t17-/m1/s1. The van der Waals surface area contributed by atoms with Crippen molar-refractivity contribution in [2.24, 2.45) is 0 Å². The van der Waals surface area contributed by atoms with E-state index in [2.05, 4.69) is 42.5 Å². The maximum absolute atomic E-state index is 5.95. The highest BCUT2D eigenvalue weighted by Crippen LogP contribution is 2.14. The quantitative estimate of drug-likeness (QED) is 0.546. The van der Waals surface area contributed by atoms with Gasteiger partial charge in [-0.1, -0.05) is 55.3 Å². The van der Waals surface area contributed by atoms with Crippen LogP contribution in [-0.4, -0.2) is 12.7 Å². The number of aryl methyl sites for hydroxylation is 1. The normalized spacial score (nSPS) is 22.1. The van der Waals surface area contributed by atoms with Crippen LogP contribution in [-0.2, 0) is 11.2 Å². The van der Waals surface area contributed by atoms with Crippen molar-refractivity contribution >= 4 is 0 Å². The highest BCUT2D eigenvalue weighted by molar-refractivity contribution is 5.14. The number of ether oxygens (including phenoxy) is 1. The molecule has 0 fully saturated rings. The molecule has 0 radical (unpaired) electrons. The van der Waals surface area contributed by atoms with Gasteiger partial charge in [0.05, 0.1) is 6.10 Å². The van der Waals surface area contributed by atoms with Gasteiger partial charge in [0, 0.05) is 6.61 Å². The molecule has 2 rings (SSSR count). The molecule has 0 amide bonds. The van der Waals surface area contributed by atoms with Crippen LogP contribution < -0.4 is 0 Å². The zero-order chi connectivity index (χ0) is 12.5. The first kappa shape index (κ1) is 13.4. The summed E-state index contributed by atoms with van der Waals surface area (Å²) < 4.78 is 5.95. The van der Waals surface area contributed by atoms with Crippen molar-refractivity contribution in [1.82, 2.24) is 0 Å². The maximum Gasteiger partial charge on any atom is 0.0755 e. The molecule has 0 heterocycles. The van der Waals surface area contributed by atoms with E-state index in [1.165, 1.54) is 37.7 Å². The minimum Gasteiger partial charge on any atom is -0.374 e. The summed E-state index contributed by atoms with van der Waals surface area (Å²) in [5.74, 6) is 0. The second-order valence-corrected chi connectivity index (χ2v) is 5.06. The molecule has 0 saturated carbocycles. The van der Waals surface area contributed by atoms with Gasteiger partial charge < -0.3 is 4.74 Å². The molecule has 1 nitrogen and oxygen atoms in total. The van der Waals surface area contributed by atoms with Crippen molar-refractivity contribution in [2.75, 3.05) is 6.61 Å². The van der Waals surface area contributed by atoms with Crippen LogP contribution in [0.5, 0.6) is 0 Å². The third-order valence-electron chi connectivity index (χ3n) is 3.49. The summed E-state index contributed by atoms with van der Waals surface area (Å²) in [5.41, 5.74) is 1.41. The number of hydrogen-bond donors (Lipinski definition) is 0. The van der Waals surface area contributed by atoms with Gasteiger partial charge in [-0.3, -0.25) is 0 Å². The summed E-state index contributed by atoms with van der Waals surface area (Å²) in [7, 11) is 0. The summed E-state index contributed by atoms with van der Waals surface area (Å²) >= 11 is 0. The van der Waals surface area contributed by atoms with E-state index in [4.69, 9.17) is 4.74 Å². The van der Waals surface area contributed by atoms with Crippen LogP contribution in [0.25, 0.3) is 0 Å². The Hall–Kier alpha value is -1.08. The summed E-state index contributed by atoms with van der Waals surface area (Å²) in [6, 6.07) is 10.7. The van der Waals surface area contributed by atoms with E-state index in [0.717, 1.165) is 19.4 Å². The van der Waals surface area contributed by atoms with Crippen molar-refractivity contribution in [3.8, 4) is 0 Å². The molecule has 98 valence electrons. The molecule has 1 atom stereocenters. The lowest BCUT2D eigenvalue weighted by Crippen LogP contribution is -2.12. The zero-order valence-corrected chi connectivity index (χ0v) is 11.2. The number of rotatable bonds is 5. The molecule has 0 aliphatic heterocycles. The molecule has 0 saturated heterocycles. The van der Waals surface area contributed by atoms with Gasteiger partial charge in [-0.15, -0.1) is 0 Å². The highest BCUT2D eigenvalue weighted by Gasteiger charge is 2.06. The second-order valence-electron chi connectivity index (χ2n) is 5.06. The average molecular weight is 244 g/mol. The van der Waals surface area contributed by atoms with Crippen LogP contribution in [0.1, 0.15) is 44.1 Å². The first-order chi connectivity index (χ1) is 8.95. The SMILES string of the molecule is C1=C/[C@@H](OCCCc2ccccc2)CCCCC/1. The van der Waals surface area contributed by atoms with Crippen LogP contribution in [0, 0.1) is 0 Å². The molecule has 1 aliphatic rings. The van der Waals surface area contributed by atoms with Crippen LogP contribution >= 0.6 is 0 Å². The fraction of sp³-hybridized carbons (Fsp3) is 0.529. The van der Waals surface area contributed by atoms with Crippen molar-refractivity contribution in [3.63, 3.8) is 0 Å². The maximum atomic E-state index is 5.95. The van der Waals surface area contributed by atoms with Gasteiger partial charge in [0.1, 0.15) is 0 Å². The molecule has 0 bridgehead atoms. The van der Waals surface area contributed by atoms with Crippen LogP contribution in [0.4, 0.5) is 0 Å². The first-order valence-electron chi connectivity index (χ1n) is 7.27. The second kappa shape index (κ2) is 8.10. The van der Waals surface area contributed by atoms with Crippen molar-refractivity contribution in [3.05, 3.63) is 48.0 Å². The Labute approximate surface area is 111 Å². The van der Waals surface area contributed by atoms with Crippen LogP contribution in [0.2, 0.25) is 0 Å². The van der Waals surface area contributed by atoms with Crippen LogP contribution in [0.15, 0.2) is 42.5 Å². The van der Waals surface area contributed by atoms with E-state index in [9.17, 15) is 0 Å². The van der Waals surface area contributed by atoms with Gasteiger partial charge in [0.2, 0.25) is 0 Å². The molecule has 0 unspecified atom stereocenters. The summed E-state index contributed by atoms with van der Waals surface area (Å²) in [6.07, 6.45) is 13.6. The van der Waals surface area contributed by atoms with Gasteiger partial charge in [-0.25, -0.2) is 0 Å². The fourth-order valence-electron chi connectivity index (χ4n) is 2.42. The Morgan fingerprint density at radius 3 is 2.83 bits per heavy atom. The Morgan fingerprint density at radius 2 is 1.94 bits per heavy atom.